The molecule has 0 spiro atoms. The van der Waals surface area contributed by atoms with Crippen LogP contribution < -0.4 is 5.32 Å². The Hall–Kier alpha value is -0.170. The predicted molar refractivity (Wildman–Crippen MR) is 73.1 cm³/mol. The molecule has 0 radical (unpaired) electrons. The van der Waals surface area contributed by atoms with Crippen LogP contribution in [0.15, 0.2) is 0 Å². The lowest BCUT2D eigenvalue weighted by Crippen LogP contribution is -2.41. The molecule has 18 heavy (non-hydrogen) atoms. The van der Waals surface area contributed by atoms with Crippen LogP contribution in [0, 0.1) is 5.92 Å². The SMILES string of the molecule is CCN1CCC(CN2CCNCCS2(=O)=O)CC1. The Morgan fingerprint density at radius 1 is 1.17 bits per heavy atom. The van der Waals surface area contributed by atoms with E-state index in [1.807, 2.05) is 0 Å². The molecule has 2 aliphatic heterocycles. The second-order valence-corrected chi connectivity index (χ2v) is 7.39. The minimum Gasteiger partial charge on any atom is -0.314 e. The zero-order valence-electron chi connectivity index (χ0n) is 11.3. The van der Waals surface area contributed by atoms with Gasteiger partial charge in [-0.25, -0.2) is 12.7 Å². The molecule has 0 aliphatic carbocycles. The first kappa shape index (κ1) is 14.2. The van der Waals surface area contributed by atoms with Gasteiger partial charge in [0.2, 0.25) is 10.0 Å². The van der Waals surface area contributed by atoms with Crippen molar-refractivity contribution < 1.29 is 8.42 Å². The summed E-state index contributed by atoms with van der Waals surface area (Å²) in [6.45, 7) is 8.27. The van der Waals surface area contributed by atoms with E-state index in [0.29, 0.717) is 19.0 Å². The first-order valence-electron chi connectivity index (χ1n) is 7.02. The normalized spacial score (nSPS) is 28.1. The predicted octanol–water partition coefficient (Wildman–Crippen LogP) is -0.0467. The fourth-order valence-electron chi connectivity index (χ4n) is 2.78. The van der Waals surface area contributed by atoms with E-state index in [0.717, 1.165) is 45.6 Å². The number of rotatable bonds is 3. The second kappa shape index (κ2) is 6.32. The molecule has 0 aromatic carbocycles. The highest BCUT2D eigenvalue weighted by Gasteiger charge is 2.28. The van der Waals surface area contributed by atoms with Crippen LogP contribution in [0.3, 0.4) is 0 Å². The minimum atomic E-state index is -3.02. The second-order valence-electron chi connectivity index (χ2n) is 5.30. The quantitative estimate of drug-likeness (QED) is 0.785. The smallest absolute Gasteiger partial charge is 0.215 e. The first-order chi connectivity index (χ1) is 8.62. The monoisotopic (exact) mass is 275 g/mol. The fraction of sp³-hybridized carbons (Fsp3) is 1.00. The molecule has 2 saturated heterocycles. The molecule has 5 nitrogen and oxygen atoms in total. The van der Waals surface area contributed by atoms with Crippen LogP contribution in [0.1, 0.15) is 19.8 Å². The Labute approximate surface area is 111 Å². The molecule has 2 fully saturated rings. The fourth-order valence-corrected chi connectivity index (χ4v) is 4.24. The van der Waals surface area contributed by atoms with Crippen molar-refractivity contribution in [3.05, 3.63) is 0 Å². The summed E-state index contributed by atoms with van der Waals surface area (Å²) in [4.78, 5) is 2.44. The van der Waals surface area contributed by atoms with Crippen molar-refractivity contribution in [1.29, 1.82) is 0 Å². The van der Waals surface area contributed by atoms with Gasteiger partial charge in [0.25, 0.3) is 0 Å². The molecule has 0 saturated carbocycles. The lowest BCUT2D eigenvalue weighted by Gasteiger charge is -2.33. The van der Waals surface area contributed by atoms with Crippen LogP contribution in [0.25, 0.3) is 0 Å². The van der Waals surface area contributed by atoms with Crippen molar-refractivity contribution in [3.63, 3.8) is 0 Å². The third-order valence-electron chi connectivity index (χ3n) is 4.08. The third-order valence-corrected chi connectivity index (χ3v) is 5.92. The Morgan fingerprint density at radius 3 is 2.56 bits per heavy atom. The van der Waals surface area contributed by atoms with Gasteiger partial charge in [-0.2, -0.15) is 0 Å². The van der Waals surface area contributed by atoms with E-state index in [4.69, 9.17) is 0 Å². The van der Waals surface area contributed by atoms with Gasteiger partial charge < -0.3 is 10.2 Å². The number of nitrogens with one attached hydrogen (secondary N) is 1. The lowest BCUT2D eigenvalue weighted by atomic mass is 9.97. The molecular formula is C12H25N3O2S. The average Bonchev–Trinajstić information content (AvgIpc) is 2.52. The number of likely N-dealkylation sites (tertiary alicyclic amines) is 1. The zero-order chi connectivity index (χ0) is 13.0. The molecule has 0 unspecified atom stereocenters. The van der Waals surface area contributed by atoms with E-state index in [2.05, 4.69) is 17.1 Å². The highest BCUT2D eigenvalue weighted by Crippen LogP contribution is 2.19. The van der Waals surface area contributed by atoms with Gasteiger partial charge in [0.05, 0.1) is 5.75 Å². The molecule has 0 aromatic heterocycles. The Balaban J connectivity index is 1.88. The summed E-state index contributed by atoms with van der Waals surface area (Å²) in [7, 11) is -3.02. The van der Waals surface area contributed by atoms with Crippen LogP contribution in [-0.2, 0) is 10.0 Å². The number of nitrogens with zero attached hydrogens (tertiary/aromatic N) is 2. The maximum absolute atomic E-state index is 12.1. The lowest BCUT2D eigenvalue weighted by molar-refractivity contribution is 0.175. The van der Waals surface area contributed by atoms with E-state index in [-0.39, 0.29) is 5.75 Å². The van der Waals surface area contributed by atoms with Gasteiger partial charge in [-0.05, 0) is 38.4 Å². The maximum Gasteiger partial charge on any atom is 0.215 e. The molecule has 2 rings (SSSR count). The molecule has 2 aliphatic rings. The summed E-state index contributed by atoms with van der Waals surface area (Å²) in [5.74, 6) is 0.793. The minimum absolute atomic E-state index is 0.251. The summed E-state index contributed by atoms with van der Waals surface area (Å²) in [6.07, 6.45) is 2.26. The van der Waals surface area contributed by atoms with Crippen molar-refractivity contribution in [2.24, 2.45) is 5.92 Å². The number of piperidine rings is 1. The number of hydrogen-bond donors (Lipinski definition) is 1. The van der Waals surface area contributed by atoms with Crippen LogP contribution in [0.5, 0.6) is 0 Å². The van der Waals surface area contributed by atoms with Gasteiger partial charge in [-0.15, -0.1) is 0 Å². The van der Waals surface area contributed by atoms with E-state index in [1.54, 1.807) is 4.31 Å². The number of hydrogen-bond acceptors (Lipinski definition) is 4. The highest BCUT2D eigenvalue weighted by molar-refractivity contribution is 7.89. The van der Waals surface area contributed by atoms with Crippen molar-refractivity contribution in [2.45, 2.75) is 19.8 Å². The van der Waals surface area contributed by atoms with E-state index in [1.165, 1.54) is 0 Å². The maximum atomic E-state index is 12.1. The Morgan fingerprint density at radius 2 is 1.89 bits per heavy atom. The van der Waals surface area contributed by atoms with Crippen molar-refractivity contribution in [3.8, 4) is 0 Å². The van der Waals surface area contributed by atoms with Crippen LogP contribution in [-0.4, -0.2) is 69.2 Å². The standard InChI is InChI=1S/C12H25N3O2S/c1-2-14-7-3-12(4-8-14)11-15-9-5-13-6-10-18(15,16)17/h12-13H,2-11H2,1H3. The highest BCUT2D eigenvalue weighted by atomic mass is 32.2. The van der Waals surface area contributed by atoms with Crippen LogP contribution in [0.2, 0.25) is 0 Å². The summed E-state index contributed by atoms with van der Waals surface area (Å²) in [5, 5.41) is 3.16. The van der Waals surface area contributed by atoms with E-state index >= 15 is 0 Å². The summed E-state index contributed by atoms with van der Waals surface area (Å²) in [5.41, 5.74) is 0. The molecular weight excluding hydrogens is 250 g/mol. The van der Waals surface area contributed by atoms with E-state index in [9.17, 15) is 8.42 Å². The summed E-state index contributed by atoms with van der Waals surface area (Å²) < 4.78 is 25.9. The molecule has 0 amide bonds. The Bertz CT molecular complexity index is 350. The van der Waals surface area contributed by atoms with Crippen molar-refractivity contribution in [1.82, 2.24) is 14.5 Å². The molecule has 0 bridgehead atoms. The molecule has 106 valence electrons. The molecule has 2 heterocycles. The van der Waals surface area contributed by atoms with Crippen LogP contribution >= 0.6 is 0 Å². The number of sulfonamides is 1. The first-order valence-corrected chi connectivity index (χ1v) is 8.63. The van der Waals surface area contributed by atoms with Gasteiger partial charge in [-0.1, -0.05) is 6.92 Å². The molecule has 6 heteroatoms. The van der Waals surface area contributed by atoms with E-state index < -0.39 is 10.0 Å². The van der Waals surface area contributed by atoms with Crippen molar-refractivity contribution in [2.75, 3.05) is 51.6 Å². The topological polar surface area (TPSA) is 52.6 Å². The molecule has 1 N–H and O–H groups in total. The summed E-state index contributed by atoms with van der Waals surface area (Å²) >= 11 is 0. The molecule has 0 aromatic rings. The third kappa shape index (κ3) is 3.66. The Kier molecular flexibility index (Phi) is 5.00. The van der Waals surface area contributed by atoms with Gasteiger partial charge in [0, 0.05) is 26.2 Å². The average molecular weight is 275 g/mol. The molecule has 0 atom stereocenters. The van der Waals surface area contributed by atoms with Crippen LogP contribution in [0.4, 0.5) is 0 Å². The van der Waals surface area contributed by atoms with Gasteiger partial charge >= 0.3 is 0 Å². The van der Waals surface area contributed by atoms with Crippen molar-refractivity contribution >= 4 is 10.0 Å². The van der Waals surface area contributed by atoms with Gasteiger partial charge in [0.1, 0.15) is 0 Å². The van der Waals surface area contributed by atoms with Gasteiger partial charge in [-0.3, -0.25) is 0 Å². The zero-order valence-corrected chi connectivity index (χ0v) is 12.1. The summed E-state index contributed by atoms with van der Waals surface area (Å²) in [6, 6.07) is 0. The van der Waals surface area contributed by atoms with Gasteiger partial charge in [0.15, 0.2) is 0 Å². The largest absolute Gasteiger partial charge is 0.314 e.